The van der Waals surface area contributed by atoms with Gasteiger partial charge in [0.25, 0.3) is 0 Å². The molecule has 28 nitrogen and oxygen atoms in total. The summed E-state index contributed by atoms with van der Waals surface area (Å²) >= 11 is 24.4. The quantitative estimate of drug-likeness (QED) is 0.0546. The molecule has 0 unspecified atom stereocenters. The molecule has 0 radical (unpaired) electrons. The lowest BCUT2D eigenvalue weighted by molar-refractivity contribution is -0.393. The minimum Gasteiger partial charge on any atom is -0.387 e. The van der Waals surface area contributed by atoms with Gasteiger partial charge in [0.15, 0.2) is 44.0 Å². The van der Waals surface area contributed by atoms with E-state index in [-0.39, 0.29) is 37.3 Å². The SMILES string of the molecule is C#CCO[C@H]1[C@@H]2O[C@H]3[C@@H](O)[C@@H](OCC#C)[C@H](O[C@H]4[C@@H](O)[C@@H](OCC#C)[C@H](O[C@H]5[C@@H](O)[C@@H](OCC#C)[C@H](O[C@H]6[C@@H](O)[C@@H](OCC#C)[C@H](O[C@H]7[C@@H](O)[C@@H](OCC#C)[C@H](O[C@H]8[C@@H](O)[C@@H](OCC#C)[C@H](O[C@@H]([C@H]1O)[C@@H](CBr)O2)O[C@@H]8CBr)O[C@@H]7CBr)O[C@@H]6CBr)O[C@@H]5CBr)O[C@@H]4CBr)O[C@@H]3CBr. The van der Waals surface area contributed by atoms with Crippen LogP contribution in [0, 0.1) is 86.4 Å². The number of hydrogen-bond donors (Lipinski definition) is 7. The maximum absolute atomic E-state index is 12.5. The molecular formula is C63H77Br7O28. The number of ether oxygens (including phenoxy) is 21. The molecule has 0 aromatic carbocycles. The maximum atomic E-state index is 12.5. The van der Waals surface area contributed by atoms with Crippen molar-refractivity contribution >= 4 is 112 Å². The Morgan fingerprint density at radius 3 is 0.418 bits per heavy atom. The van der Waals surface area contributed by atoms with E-state index in [1.165, 1.54) is 0 Å². The van der Waals surface area contributed by atoms with Crippen molar-refractivity contribution in [3.63, 3.8) is 0 Å². The third-order valence-electron chi connectivity index (χ3n) is 16.9. The van der Waals surface area contributed by atoms with Crippen LogP contribution in [0.1, 0.15) is 0 Å². The molecule has 0 amide bonds. The van der Waals surface area contributed by atoms with Crippen LogP contribution < -0.4 is 0 Å². The van der Waals surface area contributed by atoms with E-state index in [1.807, 2.05) is 0 Å². The Morgan fingerprint density at radius 1 is 0.214 bits per heavy atom. The second-order valence-electron chi connectivity index (χ2n) is 22.9. The van der Waals surface area contributed by atoms with Crippen molar-refractivity contribution in [2.45, 2.75) is 215 Å². The van der Waals surface area contributed by atoms with E-state index in [1.54, 1.807) is 0 Å². The summed E-state index contributed by atoms with van der Waals surface area (Å²) in [6, 6.07) is 0. The summed E-state index contributed by atoms with van der Waals surface area (Å²) < 4.78 is 134. The number of hydrogen-bond acceptors (Lipinski definition) is 28. The minimum absolute atomic E-state index is 0.0605. The number of alkyl halides is 7. The van der Waals surface area contributed by atoms with Crippen LogP contribution in [0.25, 0.3) is 0 Å². The number of aliphatic hydroxyl groups is 7. The number of rotatable bonds is 21. The second kappa shape index (κ2) is 40.8. The van der Waals surface area contributed by atoms with Gasteiger partial charge >= 0.3 is 0 Å². The minimum atomic E-state index is -1.72. The zero-order chi connectivity index (χ0) is 70.9. The van der Waals surface area contributed by atoms with Gasteiger partial charge in [-0.15, -0.1) is 45.0 Å². The van der Waals surface area contributed by atoms with Crippen molar-refractivity contribution in [3.05, 3.63) is 0 Å². The molecule has 0 aliphatic carbocycles. The highest BCUT2D eigenvalue weighted by Gasteiger charge is 2.61. The Morgan fingerprint density at radius 2 is 0.327 bits per heavy atom. The van der Waals surface area contributed by atoms with Crippen LogP contribution in [-0.4, -0.2) is 334 Å². The van der Waals surface area contributed by atoms with Gasteiger partial charge in [0.05, 0.1) is 42.7 Å². The van der Waals surface area contributed by atoms with Gasteiger partial charge in [-0.25, -0.2) is 0 Å². The van der Waals surface area contributed by atoms with Crippen molar-refractivity contribution in [1.29, 1.82) is 0 Å². The third-order valence-corrected chi connectivity index (χ3v) is 21.4. The molecule has 15 heterocycles. The summed E-state index contributed by atoms with van der Waals surface area (Å²) in [5, 5.41) is 87.1. The lowest BCUT2D eigenvalue weighted by Crippen LogP contribution is -2.68. The van der Waals surface area contributed by atoms with Crippen molar-refractivity contribution in [3.8, 4) is 86.4 Å². The first kappa shape index (κ1) is 82.8. The van der Waals surface area contributed by atoms with Crippen LogP contribution in [0.4, 0.5) is 0 Å². The van der Waals surface area contributed by atoms with Crippen LogP contribution in [0.5, 0.6) is 0 Å². The standard InChI is InChI=1S/C63H77Br7O28/c1-8-15-78-50-36(71)43-29(22-64)85-57(50)92-44-30(23-65)86-59(51(37(44)72)79-16-9-2)94-46-32(25-67)88-61(53(39(46)74)81-18-11-4)96-48-34(27-69)90-63(55(41(48)76)83-20-13-6)98-49-35(28-70)91-62(56(42(49)77)84-21-14-7)97-47-33(26-68)89-60(54(40(47)75)82-19-12-5)95-45-31(24-66)87-58(93-43)52(38(45)73)80-17-10-3/h1-7,29-63,71-77H,15-28H2/t29-,30-,31-,32-,33-,34-,35-,36-,37-,38-,39-,40-,41-,42-,43-,44-,45-,46-,47-,48-,49-,50-,51-,52-,53-,54-,55-,56-,57+,58+,59+,60+,61+,62+,63+/m1/s1. The van der Waals surface area contributed by atoms with Crippen LogP contribution in [-0.2, 0) is 99.5 Å². The topological polar surface area (TPSA) is 335 Å². The molecule has 7 N–H and O–H groups in total. The van der Waals surface area contributed by atoms with Crippen molar-refractivity contribution < 1.29 is 135 Å². The Labute approximate surface area is 626 Å². The molecule has 546 valence electrons. The van der Waals surface area contributed by atoms with Crippen LogP contribution in [0.15, 0.2) is 0 Å². The Bertz CT molecular complexity index is 2270. The van der Waals surface area contributed by atoms with E-state index in [0.717, 1.165) is 0 Å². The highest BCUT2D eigenvalue weighted by atomic mass is 79.9. The molecule has 15 fully saturated rings. The predicted octanol–water partition coefficient (Wildman–Crippen LogP) is -0.810. The number of halogens is 7. The fourth-order valence-electron chi connectivity index (χ4n) is 12.4. The van der Waals surface area contributed by atoms with Gasteiger partial charge in [-0.05, 0) is 0 Å². The van der Waals surface area contributed by atoms with Crippen LogP contribution in [0.2, 0.25) is 0 Å². The summed E-state index contributed by atoms with van der Waals surface area (Å²) in [6.45, 7) is -2.86. The van der Waals surface area contributed by atoms with Gasteiger partial charge in [0.1, 0.15) is 174 Å². The van der Waals surface area contributed by atoms with E-state index in [4.69, 9.17) is 144 Å². The van der Waals surface area contributed by atoms with Gasteiger partial charge in [-0.3, -0.25) is 0 Å². The van der Waals surface area contributed by atoms with Crippen molar-refractivity contribution in [1.82, 2.24) is 0 Å². The summed E-state index contributed by atoms with van der Waals surface area (Å²) in [7, 11) is 0. The van der Waals surface area contributed by atoms with Crippen molar-refractivity contribution in [2.24, 2.45) is 0 Å². The second-order valence-corrected chi connectivity index (χ2v) is 27.4. The monoisotopic (exact) mass is 1830 g/mol. The Kier molecular flexibility index (Phi) is 34.4. The molecule has 35 heteroatoms. The fourth-order valence-corrected chi connectivity index (χ4v) is 16.1. The molecule has 14 bridgehead atoms. The Hall–Kier alpha value is -0.840. The van der Waals surface area contributed by atoms with Gasteiger partial charge in [0, 0.05) is 37.3 Å². The molecular weight excluding hydrogens is 1760 g/mol. The number of fused-ring (bicyclic) bond motifs is 7. The van der Waals surface area contributed by atoms with Gasteiger partial charge < -0.3 is 135 Å². The predicted molar refractivity (Wildman–Crippen MR) is 363 cm³/mol. The zero-order valence-electron chi connectivity index (χ0n) is 52.0. The molecule has 35 atom stereocenters. The normalized spacial score (nSPS) is 45.4. The van der Waals surface area contributed by atoms with Gasteiger partial charge in [0.2, 0.25) is 0 Å². The Balaban J connectivity index is 1.21. The largest absolute Gasteiger partial charge is 0.387 e. The molecule has 0 aromatic heterocycles. The van der Waals surface area contributed by atoms with Gasteiger partial charge in [-0.2, -0.15) is 0 Å². The molecule has 98 heavy (non-hydrogen) atoms. The average molecular weight is 1840 g/mol. The number of aliphatic hydroxyl groups excluding tert-OH is 7. The fraction of sp³-hybridized carbons (Fsp3) is 0.778. The highest BCUT2D eigenvalue weighted by molar-refractivity contribution is 9.10. The van der Waals surface area contributed by atoms with E-state index in [0.29, 0.717) is 0 Å². The smallest absolute Gasteiger partial charge is 0.187 e. The highest BCUT2D eigenvalue weighted by Crippen LogP contribution is 2.42. The first-order valence-electron chi connectivity index (χ1n) is 30.6. The molecule has 15 rings (SSSR count). The summed E-state index contributed by atoms with van der Waals surface area (Å²) in [4.78, 5) is 0. The molecule has 15 aliphatic rings. The average Bonchev–Trinajstić information content (AvgIpc) is 0.773. The summed E-state index contributed by atoms with van der Waals surface area (Å²) in [5.41, 5.74) is 0. The first-order valence-corrected chi connectivity index (χ1v) is 38.5. The van der Waals surface area contributed by atoms with E-state index < -0.39 is 261 Å². The van der Waals surface area contributed by atoms with Gasteiger partial charge in [-0.1, -0.05) is 153 Å². The zero-order valence-corrected chi connectivity index (χ0v) is 63.1. The molecule has 0 saturated carbocycles. The molecule has 15 saturated heterocycles. The first-order chi connectivity index (χ1) is 47.4. The third kappa shape index (κ3) is 19.3. The van der Waals surface area contributed by atoms with Crippen LogP contribution >= 0.6 is 112 Å². The summed E-state index contributed by atoms with van der Waals surface area (Å²) in [5.74, 6) is 16.6. The van der Waals surface area contributed by atoms with E-state index in [2.05, 4.69) is 153 Å². The lowest BCUT2D eigenvalue weighted by atomic mass is 9.95. The summed E-state index contributed by atoms with van der Waals surface area (Å²) in [6.07, 6.45) is -11.8. The van der Waals surface area contributed by atoms with E-state index >= 15 is 0 Å². The van der Waals surface area contributed by atoms with E-state index in [9.17, 15) is 35.7 Å². The molecule has 0 aromatic rings. The molecule has 0 spiro atoms. The molecule has 15 aliphatic heterocycles. The maximum Gasteiger partial charge on any atom is 0.187 e. The van der Waals surface area contributed by atoms with Crippen LogP contribution in [0.3, 0.4) is 0 Å². The lowest BCUT2D eigenvalue weighted by Gasteiger charge is -2.51. The van der Waals surface area contributed by atoms with Crippen molar-refractivity contribution in [2.75, 3.05) is 83.6 Å². The number of terminal acetylenes is 7.